The van der Waals surface area contributed by atoms with Crippen LogP contribution in [0.3, 0.4) is 0 Å². The number of nitrogens with two attached hydrogens (primary N) is 2. The van der Waals surface area contributed by atoms with Crippen molar-refractivity contribution in [1.82, 2.24) is 10.1 Å². The lowest BCUT2D eigenvalue weighted by Gasteiger charge is -1.98. The van der Waals surface area contributed by atoms with E-state index in [-0.39, 0.29) is 11.7 Å². The molecule has 16 heavy (non-hydrogen) atoms. The third kappa shape index (κ3) is 2.03. The number of aromatic nitrogens is 2. The maximum atomic E-state index is 10.8. The number of anilines is 1. The molecule has 2 aromatic rings. The molecule has 0 aliphatic heterocycles. The van der Waals surface area contributed by atoms with Crippen molar-refractivity contribution in [2.45, 2.75) is 0 Å². The van der Waals surface area contributed by atoms with Gasteiger partial charge in [-0.2, -0.15) is 4.98 Å². The molecule has 0 saturated carbocycles. The molecular weight excluding hydrogens is 276 g/mol. The largest absolute Gasteiger partial charge is 0.399 e. The van der Waals surface area contributed by atoms with E-state index in [2.05, 4.69) is 26.1 Å². The Kier molecular flexibility index (Phi) is 2.61. The molecule has 0 aliphatic rings. The molecule has 1 amide bonds. The molecule has 0 fully saturated rings. The molecule has 1 aromatic heterocycles. The maximum absolute atomic E-state index is 10.8. The highest BCUT2D eigenvalue weighted by atomic mass is 79.9. The maximum Gasteiger partial charge on any atom is 0.290 e. The summed E-state index contributed by atoms with van der Waals surface area (Å²) in [7, 11) is 0. The average molecular weight is 283 g/mol. The Morgan fingerprint density at radius 3 is 2.69 bits per heavy atom. The number of rotatable bonds is 2. The summed E-state index contributed by atoms with van der Waals surface area (Å²) >= 11 is 3.28. The first-order chi connectivity index (χ1) is 7.56. The second-order valence-corrected chi connectivity index (χ2v) is 3.98. The van der Waals surface area contributed by atoms with Crippen LogP contribution in [0.4, 0.5) is 5.69 Å². The summed E-state index contributed by atoms with van der Waals surface area (Å²) in [5.74, 6) is -0.701. The van der Waals surface area contributed by atoms with Gasteiger partial charge in [0.25, 0.3) is 17.6 Å². The lowest BCUT2D eigenvalue weighted by atomic mass is 10.2. The van der Waals surface area contributed by atoms with Crippen LogP contribution in [0.2, 0.25) is 0 Å². The van der Waals surface area contributed by atoms with Gasteiger partial charge in [-0.25, -0.2) is 0 Å². The lowest BCUT2D eigenvalue weighted by Crippen LogP contribution is -2.12. The fourth-order valence-corrected chi connectivity index (χ4v) is 1.69. The van der Waals surface area contributed by atoms with Crippen LogP contribution in [0.25, 0.3) is 11.5 Å². The second-order valence-electron chi connectivity index (χ2n) is 3.06. The van der Waals surface area contributed by atoms with Crippen LogP contribution in [-0.2, 0) is 0 Å². The number of hydrogen-bond acceptors (Lipinski definition) is 5. The molecule has 0 saturated heterocycles. The highest BCUT2D eigenvalue weighted by molar-refractivity contribution is 9.10. The highest BCUT2D eigenvalue weighted by Gasteiger charge is 2.13. The van der Waals surface area contributed by atoms with Crippen LogP contribution in [0.1, 0.15) is 10.6 Å². The molecule has 0 radical (unpaired) electrons. The number of halogens is 1. The van der Waals surface area contributed by atoms with Crippen molar-refractivity contribution in [3.8, 4) is 11.5 Å². The van der Waals surface area contributed by atoms with Gasteiger partial charge in [0.2, 0.25) is 0 Å². The number of carbonyl (C=O) groups excluding carboxylic acids is 1. The summed E-state index contributed by atoms with van der Waals surface area (Å²) < 4.78 is 5.66. The average Bonchev–Trinajstić information content (AvgIpc) is 2.64. The Morgan fingerprint density at radius 1 is 1.38 bits per heavy atom. The smallest absolute Gasteiger partial charge is 0.290 e. The molecule has 82 valence electrons. The molecule has 0 unspecified atom stereocenters. The van der Waals surface area contributed by atoms with Crippen molar-refractivity contribution in [1.29, 1.82) is 0 Å². The fourth-order valence-electron chi connectivity index (χ4n) is 1.18. The number of hydrogen-bond donors (Lipinski definition) is 2. The highest BCUT2D eigenvalue weighted by Crippen LogP contribution is 2.24. The topological polar surface area (TPSA) is 108 Å². The Balaban J connectivity index is 2.46. The van der Waals surface area contributed by atoms with E-state index < -0.39 is 5.91 Å². The van der Waals surface area contributed by atoms with Crippen molar-refractivity contribution in [2.24, 2.45) is 5.73 Å². The Bertz CT molecular complexity index is 532. The molecular formula is C9H7BrN4O2. The van der Waals surface area contributed by atoms with Gasteiger partial charge in [0.05, 0.1) is 0 Å². The van der Waals surface area contributed by atoms with Crippen molar-refractivity contribution < 1.29 is 9.32 Å². The van der Waals surface area contributed by atoms with Crippen molar-refractivity contribution >= 4 is 27.5 Å². The fraction of sp³-hybridized carbons (Fsp3) is 0. The number of primary amides is 1. The minimum absolute atomic E-state index is 0.159. The molecule has 0 atom stereocenters. The predicted octanol–water partition coefficient (Wildman–Crippen LogP) is 1.18. The van der Waals surface area contributed by atoms with E-state index in [0.29, 0.717) is 11.3 Å². The van der Waals surface area contributed by atoms with Gasteiger partial charge in [0, 0.05) is 15.7 Å². The van der Waals surface area contributed by atoms with E-state index in [0.717, 1.165) is 4.47 Å². The van der Waals surface area contributed by atoms with Crippen LogP contribution in [-0.4, -0.2) is 16.0 Å². The van der Waals surface area contributed by atoms with Crippen LogP contribution >= 0.6 is 15.9 Å². The molecule has 0 spiro atoms. The molecule has 1 aromatic carbocycles. The molecule has 2 rings (SSSR count). The SMILES string of the molecule is NC(=O)c1noc(-c2cc(N)cc(Br)c2)n1. The first-order valence-corrected chi connectivity index (χ1v) is 5.05. The predicted molar refractivity (Wildman–Crippen MR) is 60.4 cm³/mol. The van der Waals surface area contributed by atoms with Gasteiger partial charge >= 0.3 is 0 Å². The Labute approximate surface area is 98.7 Å². The van der Waals surface area contributed by atoms with E-state index in [1.807, 2.05) is 0 Å². The monoisotopic (exact) mass is 282 g/mol. The van der Waals surface area contributed by atoms with Crippen molar-refractivity contribution in [2.75, 3.05) is 5.73 Å². The first-order valence-electron chi connectivity index (χ1n) is 4.26. The van der Waals surface area contributed by atoms with E-state index in [9.17, 15) is 4.79 Å². The lowest BCUT2D eigenvalue weighted by molar-refractivity contribution is 0.0987. The normalized spacial score (nSPS) is 10.3. The van der Waals surface area contributed by atoms with E-state index >= 15 is 0 Å². The van der Waals surface area contributed by atoms with E-state index in [1.54, 1.807) is 18.2 Å². The summed E-state index contributed by atoms with van der Waals surface area (Å²) in [6, 6.07) is 5.13. The van der Waals surface area contributed by atoms with Gasteiger partial charge in [0.1, 0.15) is 0 Å². The summed E-state index contributed by atoms with van der Waals surface area (Å²) in [6.45, 7) is 0. The number of benzene rings is 1. The van der Waals surface area contributed by atoms with E-state index in [1.165, 1.54) is 0 Å². The van der Waals surface area contributed by atoms with Crippen LogP contribution in [0.15, 0.2) is 27.2 Å². The summed E-state index contributed by atoms with van der Waals surface area (Å²) in [4.78, 5) is 14.6. The van der Waals surface area contributed by atoms with Crippen molar-refractivity contribution in [3.63, 3.8) is 0 Å². The summed E-state index contributed by atoms with van der Waals surface area (Å²) in [5, 5.41) is 3.43. The van der Waals surface area contributed by atoms with E-state index in [4.69, 9.17) is 16.0 Å². The summed E-state index contributed by atoms with van der Waals surface area (Å²) in [5.41, 5.74) is 11.8. The molecule has 6 nitrogen and oxygen atoms in total. The first kappa shape index (κ1) is 10.6. The zero-order valence-electron chi connectivity index (χ0n) is 7.98. The zero-order chi connectivity index (χ0) is 11.7. The van der Waals surface area contributed by atoms with Gasteiger partial charge in [-0.1, -0.05) is 21.1 Å². The number of nitrogen functional groups attached to an aromatic ring is 1. The summed E-state index contributed by atoms with van der Waals surface area (Å²) in [6.07, 6.45) is 0. The minimum Gasteiger partial charge on any atom is -0.399 e. The molecule has 1 heterocycles. The zero-order valence-corrected chi connectivity index (χ0v) is 9.56. The molecule has 0 bridgehead atoms. The van der Waals surface area contributed by atoms with Gasteiger partial charge < -0.3 is 16.0 Å². The second kappa shape index (κ2) is 3.93. The Hall–Kier alpha value is -1.89. The van der Waals surface area contributed by atoms with Gasteiger partial charge in [0.15, 0.2) is 0 Å². The Morgan fingerprint density at radius 2 is 2.12 bits per heavy atom. The van der Waals surface area contributed by atoms with Crippen molar-refractivity contribution in [3.05, 3.63) is 28.5 Å². The molecule has 7 heteroatoms. The minimum atomic E-state index is -0.738. The molecule has 4 N–H and O–H groups in total. The standard InChI is InChI=1S/C9H7BrN4O2/c10-5-1-4(2-6(11)3-5)9-13-8(7(12)15)14-16-9/h1-3H,11H2,(H2,12,15). The van der Waals surface area contributed by atoms with Gasteiger partial charge in [-0.3, -0.25) is 4.79 Å². The van der Waals surface area contributed by atoms with Crippen LogP contribution < -0.4 is 11.5 Å². The number of carbonyl (C=O) groups is 1. The number of nitrogens with zero attached hydrogens (tertiary/aromatic N) is 2. The number of amides is 1. The third-order valence-electron chi connectivity index (χ3n) is 1.81. The quantitative estimate of drug-likeness (QED) is 0.804. The van der Waals surface area contributed by atoms with Gasteiger partial charge in [-0.15, -0.1) is 0 Å². The third-order valence-corrected chi connectivity index (χ3v) is 2.27. The molecule has 0 aliphatic carbocycles. The van der Waals surface area contributed by atoms with Crippen LogP contribution in [0, 0.1) is 0 Å². The van der Waals surface area contributed by atoms with Crippen LogP contribution in [0.5, 0.6) is 0 Å². The van der Waals surface area contributed by atoms with Gasteiger partial charge in [-0.05, 0) is 18.2 Å².